The number of carbonyl (C=O) groups excluding carboxylic acids is 1. The Morgan fingerprint density at radius 3 is 2.57 bits per heavy atom. The van der Waals surface area contributed by atoms with E-state index in [1.54, 1.807) is 0 Å². The molecule has 1 amide bonds. The summed E-state index contributed by atoms with van der Waals surface area (Å²) in [6, 6.07) is 2.69. The molecule has 0 aliphatic heterocycles. The molecule has 1 saturated carbocycles. The van der Waals surface area contributed by atoms with Crippen LogP contribution in [-0.2, 0) is 4.79 Å². The molecule has 116 valence electrons. The minimum absolute atomic E-state index is 0.159. The molecular weight excluding hydrogens is 287 g/mol. The summed E-state index contributed by atoms with van der Waals surface area (Å²) in [5, 5.41) is 2.62. The number of hydrogen-bond acceptors (Lipinski definition) is 4. The number of hydrogen-bond donors (Lipinski definition) is 2. The van der Waals surface area contributed by atoms with E-state index >= 15 is 0 Å². The first kappa shape index (κ1) is 15.6. The molecule has 3 N–H and O–H groups in total. The van der Waals surface area contributed by atoms with Gasteiger partial charge in [0.05, 0.1) is 17.4 Å². The molecule has 1 fully saturated rings. The van der Waals surface area contributed by atoms with Gasteiger partial charge in [-0.1, -0.05) is 12.8 Å². The van der Waals surface area contributed by atoms with E-state index in [-0.39, 0.29) is 11.8 Å². The molecule has 1 heterocycles. The van der Waals surface area contributed by atoms with Gasteiger partial charge in [0.2, 0.25) is 11.8 Å². The Morgan fingerprint density at radius 2 is 2.05 bits per heavy atom. The first-order chi connectivity index (χ1) is 9.78. The van der Waals surface area contributed by atoms with Crippen LogP contribution in [0.15, 0.2) is 18.3 Å². The van der Waals surface area contributed by atoms with Gasteiger partial charge in [0.1, 0.15) is 0 Å². The largest absolute Gasteiger partial charge is 0.468 e. The third-order valence-electron chi connectivity index (χ3n) is 3.33. The number of nitrogens with zero attached hydrogens (tertiary/aromatic N) is 1. The van der Waals surface area contributed by atoms with Crippen LogP contribution < -0.4 is 15.8 Å². The van der Waals surface area contributed by atoms with Gasteiger partial charge in [-0.15, -0.1) is 0 Å². The Balaban J connectivity index is 1.92. The van der Waals surface area contributed by atoms with E-state index in [0.717, 1.165) is 12.8 Å². The van der Waals surface area contributed by atoms with Crippen LogP contribution in [0.5, 0.6) is 5.88 Å². The number of nitrogens with one attached hydrogen (secondary N) is 1. The van der Waals surface area contributed by atoms with Crippen molar-refractivity contribution in [2.45, 2.75) is 37.4 Å². The highest BCUT2D eigenvalue weighted by Gasteiger charge is 2.37. The van der Waals surface area contributed by atoms with Crippen LogP contribution >= 0.6 is 0 Å². The van der Waals surface area contributed by atoms with Gasteiger partial charge in [-0.05, 0) is 18.9 Å². The molecule has 21 heavy (non-hydrogen) atoms. The summed E-state index contributed by atoms with van der Waals surface area (Å²) < 4.78 is 40.4. The summed E-state index contributed by atoms with van der Waals surface area (Å²) in [6.07, 6.45) is -0.109. The van der Waals surface area contributed by atoms with Crippen molar-refractivity contribution >= 4 is 11.6 Å². The zero-order valence-electron chi connectivity index (χ0n) is 11.2. The van der Waals surface area contributed by atoms with Crippen LogP contribution in [0.25, 0.3) is 0 Å². The smallest absolute Gasteiger partial charge is 0.422 e. The minimum atomic E-state index is -4.41. The maximum absolute atomic E-state index is 12.0. The predicted octanol–water partition coefficient (Wildman–Crippen LogP) is 2.23. The van der Waals surface area contributed by atoms with Gasteiger partial charge in [-0.2, -0.15) is 13.2 Å². The molecule has 0 atom stereocenters. The Labute approximate surface area is 119 Å². The topological polar surface area (TPSA) is 77.2 Å². The number of pyridine rings is 1. The third-order valence-corrected chi connectivity index (χ3v) is 3.33. The van der Waals surface area contributed by atoms with Gasteiger partial charge in [-0.3, -0.25) is 4.79 Å². The Hall–Kier alpha value is -1.83. The molecule has 5 nitrogen and oxygen atoms in total. The average Bonchev–Trinajstić information content (AvgIpc) is 2.85. The normalized spacial score (nSPS) is 17.5. The van der Waals surface area contributed by atoms with E-state index in [9.17, 15) is 18.0 Å². The van der Waals surface area contributed by atoms with E-state index < -0.39 is 18.3 Å². The second kappa shape index (κ2) is 5.88. The zero-order valence-corrected chi connectivity index (χ0v) is 11.2. The van der Waals surface area contributed by atoms with Crippen LogP contribution in [0.2, 0.25) is 0 Å². The van der Waals surface area contributed by atoms with E-state index in [1.807, 2.05) is 0 Å². The van der Waals surface area contributed by atoms with Crippen LogP contribution in [0.4, 0.5) is 18.9 Å². The SMILES string of the molecule is NC1(C(=O)Nc2ccc(OCC(F)(F)F)nc2)CCCC1. The molecule has 1 aliphatic rings. The third kappa shape index (κ3) is 4.32. The molecule has 1 aliphatic carbocycles. The highest BCUT2D eigenvalue weighted by Crippen LogP contribution is 2.28. The van der Waals surface area contributed by atoms with Crippen LogP contribution in [0.3, 0.4) is 0 Å². The Kier molecular flexibility index (Phi) is 4.36. The molecule has 0 saturated heterocycles. The van der Waals surface area contributed by atoms with Crippen LogP contribution in [0.1, 0.15) is 25.7 Å². The van der Waals surface area contributed by atoms with Crippen molar-refractivity contribution in [1.29, 1.82) is 0 Å². The van der Waals surface area contributed by atoms with Crippen LogP contribution in [0, 0.1) is 0 Å². The van der Waals surface area contributed by atoms with E-state index in [4.69, 9.17) is 5.73 Å². The molecule has 1 aromatic heterocycles. The lowest BCUT2D eigenvalue weighted by atomic mass is 9.98. The fourth-order valence-corrected chi connectivity index (χ4v) is 2.18. The summed E-state index contributed by atoms with van der Waals surface area (Å²) in [6.45, 7) is -1.41. The quantitative estimate of drug-likeness (QED) is 0.894. The van der Waals surface area contributed by atoms with E-state index in [2.05, 4.69) is 15.0 Å². The molecule has 2 rings (SSSR count). The van der Waals surface area contributed by atoms with Gasteiger partial charge in [0, 0.05) is 6.07 Å². The molecule has 8 heteroatoms. The van der Waals surface area contributed by atoms with Gasteiger partial charge < -0.3 is 15.8 Å². The van der Waals surface area contributed by atoms with E-state index in [0.29, 0.717) is 18.5 Å². The minimum Gasteiger partial charge on any atom is -0.468 e. The Bertz CT molecular complexity index is 496. The zero-order chi connectivity index (χ0) is 15.5. The monoisotopic (exact) mass is 303 g/mol. The number of carbonyl (C=O) groups is 1. The second-order valence-corrected chi connectivity index (χ2v) is 5.11. The lowest BCUT2D eigenvalue weighted by Gasteiger charge is -2.22. The maximum Gasteiger partial charge on any atom is 0.422 e. The van der Waals surface area contributed by atoms with Gasteiger partial charge in [-0.25, -0.2) is 4.98 Å². The van der Waals surface area contributed by atoms with Gasteiger partial charge in [0.25, 0.3) is 0 Å². The Morgan fingerprint density at radius 1 is 1.38 bits per heavy atom. The molecule has 1 aromatic rings. The number of ether oxygens (including phenoxy) is 1. The summed E-state index contributed by atoms with van der Waals surface area (Å²) in [5.74, 6) is -0.459. The summed E-state index contributed by atoms with van der Waals surface area (Å²) in [4.78, 5) is 15.7. The first-order valence-electron chi connectivity index (χ1n) is 6.54. The number of rotatable bonds is 4. The predicted molar refractivity (Wildman–Crippen MR) is 69.8 cm³/mol. The van der Waals surface area contributed by atoms with Crippen molar-refractivity contribution in [3.05, 3.63) is 18.3 Å². The molecule has 0 radical (unpaired) electrons. The van der Waals surface area contributed by atoms with Crippen molar-refractivity contribution in [3.63, 3.8) is 0 Å². The highest BCUT2D eigenvalue weighted by molar-refractivity contribution is 5.98. The van der Waals surface area contributed by atoms with Crippen molar-refractivity contribution in [3.8, 4) is 5.88 Å². The molecular formula is C13H16F3N3O2. The average molecular weight is 303 g/mol. The highest BCUT2D eigenvalue weighted by atomic mass is 19.4. The van der Waals surface area contributed by atoms with Crippen molar-refractivity contribution in [2.24, 2.45) is 5.73 Å². The summed E-state index contributed by atoms with van der Waals surface area (Å²) in [7, 11) is 0. The fourth-order valence-electron chi connectivity index (χ4n) is 2.18. The number of amides is 1. The van der Waals surface area contributed by atoms with Crippen molar-refractivity contribution in [1.82, 2.24) is 4.98 Å². The maximum atomic E-state index is 12.0. The van der Waals surface area contributed by atoms with Crippen LogP contribution in [-0.4, -0.2) is 29.2 Å². The lowest BCUT2D eigenvalue weighted by Crippen LogP contribution is -2.48. The second-order valence-electron chi connectivity index (χ2n) is 5.11. The number of halogens is 3. The van der Waals surface area contributed by atoms with E-state index in [1.165, 1.54) is 18.3 Å². The van der Waals surface area contributed by atoms with Gasteiger partial charge in [0.15, 0.2) is 6.61 Å². The first-order valence-corrected chi connectivity index (χ1v) is 6.54. The number of alkyl halides is 3. The lowest BCUT2D eigenvalue weighted by molar-refractivity contribution is -0.154. The number of nitrogens with two attached hydrogens (primary N) is 1. The van der Waals surface area contributed by atoms with Gasteiger partial charge >= 0.3 is 6.18 Å². The van der Waals surface area contributed by atoms with Crippen molar-refractivity contribution in [2.75, 3.05) is 11.9 Å². The summed E-state index contributed by atoms with van der Waals surface area (Å²) >= 11 is 0. The molecule has 0 bridgehead atoms. The standard InChI is InChI=1S/C13H16F3N3O2/c14-13(15,16)8-21-10-4-3-9(7-18-10)19-11(20)12(17)5-1-2-6-12/h3-4,7H,1-2,5-6,8,17H2,(H,19,20). The molecule has 0 aromatic carbocycles. The molecule has 0 unspecified atom stereocenters. The summed E-state index contributed by atoms with van der Waals surface area (Å²) in [5.41, 5.74) is 5.50. The number of aromatic nitrogens is 1. The number of anilines is 1. The fraction of sp³-hybridized carbons (Fsp3) is 0.538. The molecule has 0 spiro atoms. The van der Waals surface area contributed by atoms with Crippen molar-refractivity contribution < 1.29 is 22.7 Å².